The average Bonchev–Trinajstić information content (AvgIpc) is 2.54. The lowest BCUT2D eigenvalue weighted by atomic mass is 10.1. The Hall–Kier alpha value is -2.62. The quantitative estimate of drug-likeness (QED) is 0.746. The standard InChI is InChI=1S/C17H18N4/c1-21(12-8-13-6-10-19-11-7-13)16-5-4-15(18)17-14(16)3-2-9-20-17/h2-7,9-11H,8,12,18H2,1H3. The smallest absolute Gasteiger partial charge is 0.0951 e. The molecule has 0 saturated carbocycles. The Labute approximate surface area is 124 Å². The van der Waals surface area contributed by atoms with E-state index in [1.807, 2.05) is 24.5 Å². The zero-order chi connectivity index (χ0) is 14.7. The summed E-state index contributed by atoms with van der Waals surface area (Å²) in [6.45, 7) is 0.928. The van der Waals surface area contributed by atoms with Crippen LogP contribution in [0.15, 0.2) is 55.0 Å². The van der Waals surface area contributed by atoms with E-state index in [-0.39, 0.29) is 0 Å². The van der Waals surface area contributed by atoms with Gasteiger partial charge in [0.05, 0.1) is 11.2 Å². The third-order valence-corrected chi connectivity index (χ3v) is 3.67. The van der Waals surface area contributed by atoms with E-state index in [4.69, 9.17) is 5.73 Å². The molecule has 106 valence electrons. The average molecular weight is 278 g/mol. The van der Waals surface area contributed by atoms with Crippen LogP contribution in [-0.2, 0) is 6.42 Å². The molecule has 3 aromatic rings. The number of benzene rings is 1. The summed E-state index contributed by atoms with van der Waals surface area (Å²) in [5.74, 6) is 0. The highest BCUT2D eigenvalue weighted by molar-refractivity contribution is 5.98. The Balaban J connectivity index is 1.85. The van der Waals surface area contributed by atoms with Gasteiger partial charge in [-0.2, -0.15) is 0 Å². The first-order valence-corrected chi connectivity index (χ1v) is 6.99. The number of nitrogens with zero attached hydrogens (tertiary/aromatic N) is 3. The minimum absolute atomic E-state index is 0.719. The summed E-state index contributed by atoms with van der Waals surface area (Å²) in [6.07, 6.45) is 6.42. The molecule has 0 amide bonds. The Bertz CT molecular complexity index is 740. The molecule has 0 aliphatic carbocycles. The number of likely N-dealkylation sites (N-methyl/N-ethyl adjacent to an activating group) is 1. The number of rotatable bonds is 4. The maximum atomic E-state index is 6.00. The molecule has 0 aliphatic rings. The van der Waals surface area contributed by atoms with Crippen molar-refractivity contribution in [1.29, 1.82) is 0 Å². The molecular weight excluding hydrogens is 260 g/mol. The number of nitrogen functional groups attached to an aromatic ring is 1. The number of aromatic nitrogens is 2. The molecule has 3 rings (SSSR count). The van der Waals surface area contributed by atoms with E-state index >= 15 is 0 Å². The van der Waals surface area contributed by atoms with E-state index in [0.29, 0.717) is 0 Å². The maximum absolute atomic E-state index is 6.00. The van der Waals surface area contributed by atoms with Crippen molar-refractivity contribution in [2.24, 2.45) is 0 Å². The molecule has 0 aliphatic heterocycles. The minimum atomic E-state index is 0.719. The van der Waals surface area contributed by atoms with Gasteiger partial charge in [-0.15, -0.1) is 0 Å². The molecule has 4 nitrogen and oxygen atoms in total. The summed E-state index contributed by atoms with van der Waals surface area (Å²) in [5, 5.41) is 1.09. The predicted octanol–water partition coefficient (Wildman–Crippen LogP) is 2.89. The third-order valence-electron chi connectivity index (χ3n) is 3.67. The Morgan fingerprint density at radius 3 is 2.67 bits per heavy atom. The van der Waals surface area contributed by atoms with Crippen molar-refractivity contribution < 1.29 is 0 Å². The summed E-state index contributed by atoms with van der Waals surface area (Å²) in [7, 11) is 2.10. The lowest BCUT2D eigenvalue weighted by Crippen LogP contribution is -2.20. The van der Waals surface area contributed by atoms with Crippen molar-refractivity contribution in [2.45, 2.75) is 6.42 Å². The van der Waals surface area contributed by atoms with Crippen molar-refractivity contribution in [3.8, 4) is 0 Å². The second kappa shape index (κ2) is 5.79. The van der Waals surface area contributed by atoms with Crippen molar-refractivity contribution in [3.63, 3.8) is 0 Å². The highest BCUT2D eigenvalue weighted by atomic mass is 15.1. The van der Waals surface area contributed by atoms with Gasteiger partial charge in [0.15, 0.2) is 0 Å². The number of hydrogen-bond acceptors (Lipinski definition) is 4. The molecule has 2 heterocycles. The highest BCUT2D eigenvalue weighted by Crippen LogP contribution is 2.28. The Morgan fingerprint density at radius 2 is 1.86 bits per heavy atom. The fourth-order valence-electron chi connectivity index (χ4n) is 2.48. The van der Waals surface area contributed by atoms with Crippen LogP contribution in [0.3, 0.4) is 0 Å². The van der Waals surface area contributed by atoms with Gasteiger partial charge in [0, 0.05) is 43.3 Å². The van der Waals surface area contributed by atoms with Crippen LogP contribution in [0.4, 0.5) is 11.4 Å². The summed E-state index contributed by atoms with van der Waals surface area (Å²) >= 11 is 0. The van der Waals surface area contributed by atoms with Crippen molar-refractivity contribution in [3.05, 3.63) is 60.6 Å². The lowest BCUT2D eigenvalue weighted by Gasteiger charge is -2.21. The zero-order valence-corrected chi connectivity index (χ0v) is 12.0. The molecule has 0 atom stereocenters. The molecule has 0 unspecified atom stereocenters. The van der Waals surface area contributed by atoms with Gasteiger partial charge in [-0.25, -0.2) is 0 Å². The van der Waals surface area contributed by atoms with Crippen LogP contribution in [0.2, 0.25) is 0 Å². The summed E-state index contributed by atoms with van der Waals surface area (Å²) in [5.41, 5.74) is 10.0. The number of pyridine rings is 2. The summed E-state index contributed by atoms with van der Waals surface area (Å²) < 4.78 is 0. The van der Waals surface area contributed by atoms with E-state index in [1.54, 1.807) is 6.20 Å². The molecule has 21 heavy (non-hydrogen) atoms. The summed E-state index contributed by atoms with van der Waals surface area (Å²) in [4.78, 5) is 10.7. The number of nitrogens with two attached hydrogens (primary N) is 1. The molecule has 2 aromatic heterocycles. The van der Waals surface area contributed by atoms with E-state index in [2.05, 4.69) is 46.2 Å². The van der Waals surface area contributed by atoms with E-state index in [1.165, 1.54) is 5.56 Å². The fraction of sp³-hybridized carbons (Fsp3) is 0.176. The molecule has 0 radical (unpaired) electrons. The van der Waals surface area contributed by atoms with E-state index < -0.39 is 0 Å². The Kier molecular flexibility index (Phi) is 3.69. The largest absolute Gasteiger partial charge is 0.397 e. The van der Waals surface area contributed by atoms with Gasteiger partial charge in [0.2, 0.25) is 0 Å². The SMILES string of the molecule is CN(CCc1ccncc1)c1ccc(N)c2ncccc12. The van der Waals surface area contributed by atoms with Gasteiger partial charge >= 0.3 is 0 Å². The van der Waals surface area contributed by atoms with Crippen molar-refractivity contribution >= 4 is 22.3 Å². The minimum Gasteiger partial charge on any atom is -0.397 e. The Morgan fingerprint density at radius 1 is 1.05 bits per heavy atom. The highest BCUT2D eigenvalue weighted by Gasteiger charge is 2.08. The van der Waals surface area contributed by atoms with Gasteiger partial charge in [0.25, 0.3) is 0 Å². The first kappa shape index (κ1) is 13.4. The normalized spacial score (nSPS) is 10.7. The third kappa shape index (κ3) is 2.79. The maximum Gasteiger partial charge on any atom is 0.0951 e. The lowest BCUT2D eigenvalue weighted by molar-refractivity contribution is 0.878. The monoisotopic (exact) mass is 278 g/mol. The van der Waals surface area contributed by atoms with Crippen LogP contribution in [0.25, 0.3) is 10.9 Å². The van der Waals surface area contributed by atoms with Crippen LogP contribution < -0.4 is 10.6 Å². The number of hydrogen-bond donors (Lipinski definition) is 1. The van der Waals surface area contributed by atoms with Crippen LogP contribution >= 0.6 is 0 Å². The number of fused-ring (bicyclic) bond motifs is 1. The number of anilines is 2. The van der Waals surface area contributed by atoms with Gasteiger partial charge in [-0.3, -0.25) is 9.97 Å². The first-order valence-electron chi connectivity index (χ1n) is 6.99. The molecule has 0 bridgehead atoms. The first-order chi connectivity index (χ1) is 10.3. The van der Waals surface area contributed by atoms with E-state index in [9.17, 15) is 0 Å². The molecule has 0 spiro atoms. The summed E-state index contributed by atoms with van der Waals surface area (Å²) in [6, 6.07) is 12.1. The second-order valence-corrected chi connectivity index (χ2v) is 5.10. The second-order valence-electron chi connectivity index (χ2n) is 5.10. The van der Waals surface area contributed by atoms with Gasteiger partial charge in [0.1, 0.15) is 0 Å². The van der Waals surface area contributed by atoms with Gasteiger partial charge < -0.3 is 10.6 Å². The van der Waals surface area contributed by atoms with E-state index in [0.717, 1.165) is 35.2 Å². The van der Waals surface area contributed by atoms with Crippen LogP contribution in [0.1, 0.15) is 5.56 Å². The van der Waals surface area contributed by atoms with Gasteiger partial charge in [-0.05, 0) is 48.4 Å². The van der Waals surface area contributed by atoms with Crippen LogP contribution in [-0.4, -0.2) is 23.6 Å². The zero-order valence-electron chi connectivity index (χ0n) is 12.0. The molecular formula is C17H18N4. The molecule has 0 fully saturated rings. The fourth-order valence-corrected chi connectivity index (χ4v) is 2.48. The van der Waals surface area contributed by atoms with Crippen LogP contribution in [0.5, 0.6) is 0 Å². The molecule has 2 N–H and O–H groups in total. The van der Waals surface area contributed by atoms with Crippen molar-refractivity contribution in [2.75, 3.05) is 24.2 Å². The topological polar surface area (TPSA) is 55.0 Å². The van der Waals surface area contributed by atoms with Gasteiger partial charge in [-0.1, -0.05) is 0 Å². The molecule has 4 heteroatoms. The van der Waals surface area contributed by atoms with Crippen molar-refractivity contribution in [1.82, 2.24) is 9.97 Å². The van der Waals surface area contributed by atoms with Crippen LogP contribution in [0, 0.1) is 0 Å². The molecule has 1 aromatic carbocycles. The molecule has 0 saturated heterocycles. The predicted molar refractivity (Wildman–Crippen MR) is 87.4 cm³/mol.